The molecule has 1 unspecified atom stereocenters. The summed E-state index contributed by atoms with van der Waals surface area (Å²) in [6.45, 7) is 0.930. The lowest BCUT2D eigenvalue weighted by Gasteiger charge is -2.32. The average molecular weight is 546 g/mol. The van der Waals surface area contributed by atoms with E-state index in [2.05, 4.69) is 15.8 Å². The zero-order valence-electron chi connectivity index (χ0n) is 21.3. The van der Waals surface area contributed by atoms with E-state index in [0.29, 0.717) is 35.1 Å². The van der Waals surface area contributed by atoms with Crippen molar-refractivity contribution >= 4 is 32.8 Å². The third-order valence-corrected chi connectivity index (χ3v) is 8.52. The number of carbonyl (C=O) groups is 2. The van der Waals surface area contributed by atoms with Crippen LogP contribution in [0.1, 0.15) is 33.6 Å². The van der Waals surface area contributed by atoms with Crippen molar-refractivity contribution in [2.24, 2.45) is 0 Å². The van der Waals surface area contributed by atoms with E-state index >= 15 is 0 Å². The number of esters is 1. The summed E-state index contributed by atoms with van der Waals surface area (Å²) in [6, 6.07) is 16.3. The lowest BCUT2D eigenvalue weighted by Crippen LogP contribution is -2.50. The van der Waals surface area contributed by atoms with E-state index in [1.165, 1.54) is 13.2 Å². The number of carbonyl (C=O) groups excluding carboxylic acids is 2. The molecule has 2 aromatic heterocycles. The number of methoxy groups -OCH3 is 1. The van der Waals surface area contributed by atoms with Gasteiger partial charge in [0.2, 0.25) is 15.9 Å². The van der Waals surface area contributed by atoms with Crippen LogP contribution in [0.5, 0.6) is 0 Å². The SMILES string of the molecule is COC(=O)c1ccc2c(c1)CCN(C(=O)C(CCn1cccc1C#N)NS(=O)(=O)c1cccc3[nH]ccc13)C2. The van der Waals surface area contributed by atoms with Gasteiger partial charge in [-0.1, -0.05) is 12.1 Å². The van der Waals surface area contributed by atoms with E-state index in [1.807, 2.05) is 0 Å². The van der Waals surface area contributed by atoms with Crippen LogP contribution in [0.2, 0.25) is 0 Å². The fourth-order valence-electron chi connectivity index (χ4n) is 4.96. The Morgan fingerprint density at radius 2 is 2.00 bits per heavy atom. The molecule has 0 bridgehead atoms. The molecule has 200 valence electrons. The zero-order valence-corrected chi connectivity index (χ0v) is 22.1. The molecule has 1 aliphatic heterocycles. The number of fused-ring (bicyclic) bond motifs is 2. The summed E-state index contributed by atoms with van der Waals surface area (Å²) >= 11 is 0. The van der Waals surface area contributed by atoms with E-state index in [1.54, 1.807) is 70.4 Å². The van der Waals surface area contributed by atoms with E-state index in [-0.39, 0.29) is 30.3 Å². The molecular weight excluding hydrogens is 518 g/mol. The normalized spacial score (nSPS) is 14.0. The van der Waals surface area contributed by atoms with Crippen molar-refractivity contribution in [2.75, 3.05) is 13.7 Å². The van der Waals surface area contributed by atoms with Crippen LogP contribution in [0.4, 0.5) is 0 Å². The smallest absolute Gasteiger partial charge is 0.337 e. The van der Waals surface area contributed by atoms with Crippen LogP contribution in [0.3, 0.4) is 0 Å². The summed E-state index contributed by atoms with van der Waals surface area (Å²) in [7, 11) is -2.74. The first-order valence-electron chi connectivity index (χ1n) is 12.4. The van der Waals surface area contributed by atoms with E-state index in [0.717, 1.165) is 11.1 Å². The average Bonchev–Trinajstić information content (AvgIpc) is 3.63. The monoisotopic (exact) mass is 545 g/mol. The Labute approximate surface area is 225 Å². The molecule has 0 aliphatic carbocycles. The standard InChI is InChI=1S/C28H27N5O5S/c1-38-28(35)20-7-8-21-18-33(14-10-19(21)16-20)27(34)25(11-15-32-13-3-4-22(32)17-29)31-39(36,37)26-6-2-5-24-23(26)9-12-30-24/h2-9,12-13,16,25,30-31H,10-11,14-15,18H2,1H3. The first-order chi connectivity index (χ1) is 18.8. The van der Waals surface area contributed by atoms with Gasteiger partial charge in [0.15, 0.2) is 0 Å². The number of nitrogens with zero attached hydrogens (tertiary/aromatic N) is 3. The van der Waals surface area contributed by atoms with Gasteiger partial charge < -0.3 is 19.2 Å². The highest BCUT2D eigenvalue weighted by Gasteiger charge is 2.32. The number of H-pyrrole nitrogens is 1. The van der Waals surface area contributed by atoms with Gasteiger partial charge in [0.25, 0.3) is 0 Å². The molecule has 2 N–H and O–H groups in total. The second kappa shape index (κ2) is 10.8. The lowest BCUT2D eigenvalue weighted by molar-refractivity contribution is -0.134. The molecular formula is C28H27N5O5S. The number of amides is 1. The molecule has 0 saturated carbocycles. The van der Waals surface area contributed by atoms with Gasteiger partial charge in [0.1, 0.15) is 17.8 Å². The number of rotatable bonds is 8. The highest BCUT2D eigenvalue weighted by Crippen LogP contribution is 2.25. The number of hydrogen-bond donors (Lipinski definition) is 2. The maximum atomic E-state index is 13.8. The molecule has 1 amide bonds. The first kappa shape index (κ1) is 26.2. The van der Waals surface area contributed by atoms with Crippen LogP contribution in [-0.4, -0.2) is 54.4 Å². The van der Waals surface area contributed by atoms with Gasteiger partial charge >= 0.3 is 5.97 Å². The van der Waals surface area contributed by atoms with Gasteiger partial charge in [-0.05, 0) is 66.4 Å². The molecule has 2 aromatic carbocycles. The molecule has 4 aromatic rings. The van der Waals surface area contributed by atoms with Gasteiger partial charge in [-0.25, -0.2) is 13.2 Å². The molecule has 0 spiro atoms. The number of ether oxygens (including phenoxy) is 1. The molecule has 0 radical (unpaired) electrons. The minimum Gasteiger partial charge on any atom is -0.465 e. The largest absolute Gasteiger partial charge is 0.465 e. The molecule has 5 rings (SSSR count). The van der Waals surface area contributed by atoms with Gasteiger partial charge in [0.05, 0.1) is 17.6 Å². The van der Waals surface area contributed by atoms with E-state index < -0.39 is 22.0 Å². The number of aryl methyl sites for hydroxylation is 1. The van der Waals surface area contributed by atoms with Crippen LogP contribution in [0, 0.1) is 11.3 Å². The predicted molar refractivity (Wildman–Crippen MR) is 143 cm³/mol. The number of sulfonamides is 1. The van der Waals surface area contributed by atoms with Crippen molar-refractivity contribution in [3.8, 4) is 6.07 Å². The first-order valence-corrected chi connectivity index (χ1v) is 13.9. The van der Waals surface area contributed by atoms with Gasteiger partial charge in [-0.2, -0.15) is 9.98 Å². The number of hydrogen-bond acceptors (Lipinski definition) is 6. The van der Waals surface area contributed by atoms with Crippen molar-refractivity contribution in [2.45, 2.75) is 36.9 Å². The van der Waals surface area contributed by atoms with E-state index in [9.17, 15) is 23.3 Å². The van der Waals surface area contributed by atoms with Crippen molar-refractivity contribution in [1.29, 1.82) is 5.26 Å². The Morgan fingerprint density at radius 1 is 1.15 bits per heavy atom. The third kappa shape index (κ3) is 5.30. The lowest BCUT2D eigenvalue weighted by atomic mass is 9.96. The van der Waals surface area contributed by atoms with Crippen LogP contribution >= 0.6 is 0 Å². The highest BCUT2D eigenvalue weighted by atomic mass is 32.2. The van der Waals surface area contributed by atoms with Crippen LogP contribution in [0.15, 0.2) is 71.9 Å². The summed E-state index contributed by atoms with van der Waals surface area (Å²) in [4.78, 5) is 30.4. The summed E-state index contributed by atoms with van der Waals surface area (Å²) < 4.78 is 36.3. The van der Waals surface area contributed by atoms with Crippen molar-refractivity contribution in [3.63, 3.8) is 0 Å². The number of aromatic amines is 1. The number of benzene rings is 2. The van der Waals surface area contributed by atoms with Crippen LogP contribution in [0.25, 0.3) is 10.9 Å². The fourth-order valence-corrected chi connectivity index (χ4v) is 6.41. The van der Waals surface area contributed by atoms with Crippen molar-refractivity contribution < 1.29 is 22.7 Å². The molecule has 1 aliphatic rings. The van der Waals surface area contributed by atoms with Crippen LogP contribution in [-0.2, 0) is 39.1 Å². The topological polar surface area (TPSA) is 137 Å². The van der Waals surface area contributed by atoms with E-state index in [4.69, 9.17) is 4.74 Å². The summed E-state index contributed by atoms with van der Waals surface area (Å²) in [5.41, 5.74) is 3.38. The maximum Gasteiger partial charge on any atom is 0.337 e. The Balaban J connectivity index is 1.41. The zero-order chi connectivity index (χ0) is 27.6. The molecule has 39 heavy (non-hydrogen) atoms. The summed E-state index contributed by atoms with van der Waals surface area (Å²) in [6.07, 6.45) is 4.06. The minimum absolute atomic E-state index is 0.0806. The second-order valence-electron chi connectivity index (χ2n) is 9.34. The summed E-state index contributed by atoms with van der Waals surface area (Å²) in [5.74, 6) is -0.779. The van der Waals surface area contributed by atoms with Gasteiger partial charge in [0, 0.05) is 42.9 Å². The predicted octanol–water partition coefficient (Wildman–Crippen LogP) is 2.95. The van der Waals surface area contributed by atoms with Gasteiger partial charge in [-0.15, -0.1) is 0 Å². The van der Waals surface area contributed by atoms with Crippen molar-refractivity contribution in [3.05, 3.63) is 89.4 Å². The number of nitrogens with one attached hydrogen (secondary N) is 2. The van der Waals surface area contributed by atoms with Gasteiger partial charge in [-0.3, -0.25) is 4.79 Å². The Bertz CT molecular complexity index is 1700. The molecule has 0 saturated heterocycles. The molecule has 10 nitrogen and oxygen atoms in total. The molecule has 0 fully saturated rings. The third-order valence-electron chi connectivity index (χ3n) is 6.99. The molecule has 1 atom stereocenters. The van der Waals surface area contributed by atoms with Crippen LogP contribution < -0.4 is 4.72 Å². The molecule has 3 heterocycles. The molecule has 11 heteroatoms. The second-order valence-corrected chi connectivity index (χ2v) is 11.0. The quantitative estimate of drug-likeness (QED) is 0.327. The minimum atomic E-state index is -4.07. The highest BCUT2D eigenvalue weighted by molar-refractivity contribution is 7.89. The summed E-state index contributed by atoms with van der Waals surface area (Å²) in [5, 5.41) is 9.90. The maximum absolute atomic E-state index is 13.8. The number of aromatic nitrogens is 2. The Hall–Kier alpha value is -4.40. The Morgan fingerprint density at radius 3 is 2.79 bits per heavy atom. The Kier molecular flexibility index (Phi) is 7.24. The fraction of sp³-hybridized carbons (Fsp3) is 0.250. The van der Waals surface area contributed by atoms with Crippen molar-refractivity contribution in [1.82, 2.24) is 19.2 Å². The number of nitriles is 1.